The molecule has 0 fully saturated rings. The Bertz CT molecular complexity index is 1660. The molecule has 186 valence electrons. The van der Waals surface area contributed by atoms with Gasteiger partial charge in [-0.25, -0.2) is 10.2 Å². The first-order chi connectivity index (χ1) is 18.0. The second kappa shape index (κ2) is 10.4. The van der Waals surface area contributed by atoms with Gasteiger partial charge >= 0.3 is 5.69 Å². The summed E-state index contributed by atoms with van der Waals surface area (Å²) in [5.74, 6) is 1.11. The van der Waals surface area contributed by atoms with Crippen LogP contribution in [0.5, 0.6) is 5.75 Å². The summed E-state index contributed by atoms with van der Waals surface area (Å²) in [5, 5.41) is 4.33. The first-order valence-electron chi connectivity index (χ1n) is 11.8. The monoisotopic (exact) mass is 494 g/mol. The van der Waals surface area contributed by atoms with Crippen LogP contribution in [0.4, 0.5) is 5.95 Å². The molecule has 3 aromatic carbocycles. The molecule has 0 aliphatic carbocycles. The molecule has 2 aromatic heterocycles. The molecule has 0 amide bonds. The lowest BCUT2D eigenvalue weighted by Crippen LogP contribution is -2.29. The Kier molecular flexibility index (Phi) is 6.67. The van der Waals surface area contributed by atoms with Crippen LogP contribution in [0.1, 0.15) is 22.3 Å². The number of ether oxygens (including phenoxy) is 1. The highest BCUT2D eigenvalue weighted by atomic mass is 16.5. The highest BCUT2D eigenvalue weighted by molar-refractivity contribution is 5.80. The number of nitrogens with one attached hydrogen (secondary N) is 2. The van der Waals surface area contributed by atoms with E-state index in [1.165, 1.54) is 4.57 Å². The number of hydrogen-bond donors (Lipinski definition) is 2. The van der Waals surface area contributed by atoms with Gasteiger partial charge in [0.25, 0.3) is 5.56 Å². The van der Waals surface area contributed by atoms with Gasteiger partial charge in [0.2, 0.25) is 5.95 Å². The quantitative estimate of drug-likeness (QED) is 0.252. The number of imidazole rings is 1. The minimum atomic E-state index is -0.526. The van der Waals surface area contributed by atoms with E-state index < -0.39 is 11.2 Å². The third-order valence-electron chi connectivity index (χ3n) is 5.97. The molecule has 37 heavy (non-hydrogen) atoms. The number of nitrogens with zero attached hydrogens (tertiary/aromatic N) is 4. The van der Waals surface area contributed by atoms with Gasteiger partial charge in [-0.1, -0.05) is 60.2 Å². The smallest absolute Gasteiger partial charge is 0.329 e. The zero-order valence-electron chi connectivity index (χ0n) is 20.5. The van der Waals surface area contributed by atoms with Crippen LogP contribution in [0.3, 0.4) is 0 Å². The van der Waals surface area contributed by atoms with Gasteiger partial charge in [0, 0.05) is 7.05 Å². The number of rotatable bonds is 8. The molecule has 9 heteroatoms. The molecular formula is C28H26N6O3. The second-order valence-corrected chi connectivity index (χ2v) is 8.71. The van der Waals surface area contributed by atoms with Gasteiger partial charge in [0.1, 0.15) is 12.4 Å². The summed E-state index contributed by atoms with van der Waals surface area (Å²) in [6, 6.07) is 25.5. The van der Waals surface area contributed by atoms with Crippen molar-refractivity contribution in [3.63, 3.8) is 0 Å². The van der Waals surface area contributed by atoms with Crippen LogP contribution in [0, 0.1) is 6.92 Å². The Morgan fingerprint density at radius 1 is 0.973 bits per heavy atom. The van der Waals surface area contributed by atoms with Crippen LogP contribution in [0.2, 0.25) is 0 Å². The van der Waals surface area contributed by atoms with E-state index in [0.29, 0.717) is 24.6 Å². The molecule has 0 spiro atoms. The number of fused-ring (bicyclic) bond motifs is 1. The van der Waals surface area contributed by atoms with Crippen molar-refractivity contribution in [2.24, 2.45) is 12.1 Å². The Morgan fingerprint density at radius 2 is 1.70 bits per heavy atom. The molecule has 0 aliphatic heterocycles. The Morgan fingerprint density at radius 3 is 2.43 bits per heavy atom. The standard InChI is InChI=1S/C28H26N6O3/c1-19-8-10-21(11-9-19)17-34-24-25(33(2)28(36)31-26(24)35)30-27(34)32-29-16-20-12-14-23(15-13-20)37-18-22-6-4-3-5-7-22/h3-16H,17-18H2,1-2H3,(H,30,32)(H,31,35,36)/b29-16-. The van der Waals surface area contributed by atoms with Crippen LogP contribution in [0.25, 0.3) is 11.2 Å². The van der Waals surface area contributed by atoms with Crippen LogP contribution < -0.4 is 21.4 Å². The van der Waals surface area contributed by atoms with Crippen molar-refractivity contribution in [1.29, 1.82) is 0 Å². The molecule has 9 nitrogen and oxygen atoms in total. The fourth-order valence-corrected chi connectivity index (χ4v) is 3.91. The predicted octanol–water partition coefficient (Wildman–Crippen LogP) is 3.81. The van der Waals surface area contributed by atoms with Gasteiger partial charge in [-0.2, -0.15) is 10.1 Å². The van der Waals surface area contributed by atoms with Gasteiger partial charge in [-0.3, -0.25) is 18.9 Å². The van der Waals surface area contributed by atoms with E-state index >= 15 is 0 Å². The van der Waals surface area contributed by atoms with Gasteiger partial charge in [-0.05, 0) is 47.9 Å². The van der Waals surface area contributed by atoms with Crippen molar-refractivity contribution in [3.05, 3.63) is 122 Å². The third kappa shape index (κ3) is 5.35. The van der Waals surface area contributed by atoms with Gasteiger partial charge in [-0.15, -0.1) is 0 Å². The lowest BCUT2D eigenvalue weighted by Gasteiger charge is -2.09. The maximum absolute atomic E-state index is 12.7. The molecule has 2 N–H and O–H groups in total. The Labute approximate surface area is 212 Å². The molecule has 0 unspecified atom stereocenters. The van der Waals surface area contributed by atoms with E-state index in [-0.39, 0.29) is 5.65 Å². The molecular weight excluding hydrogens is 468 g/mol. The van der Waals surface area contributed by atoms with Crippen LogP contribution in [-0.4, -0.2) is 25.3 Å². The van der Waals surface area contributed by atoms with Crippen molar-refractivity contribution in [2.75, 3.05) is 5.43 Å². The molecule has 0 saturated carbocycles. The number of anilines is 1. The first-order valence-corrected chi connectivity index (χ1v) is 11.8. The highest BCUT2D eigenvalue weighted by Gasteiger charge is 2.17. The molecule has 0 atom stereocenters. The van der Waals surface area contributed by atoms with E-state index in [2.05, 4.69) is 20.5 Å². The van der Waals surface area contributed by atoms with Crippen molar-refractivity contribution in [1.82, 2.24) is 19.1 Å². The summed E-state index contributed by atoms with van der Waals surface area (Å²) in [4.78, 5) is 31.7. The van der Waals surface area contributed by atoms with Gasteiger partial charge in [0.05, 0.1) is 12.8 Å². The molecule has 5 rings (SSSR count). The molecule has 0 radical (unpaired) electrons. The van der Waals surface area contributed by atoms with Crippen molar-refractivity contribution >= 4 is 23.3 Å². The molecule has 0 aliphatic rings. The average molecular weight is 495 g/mol. The second-order valence-electron chi connectivity index (χ2n) is 8.71. The van der Waals surface area contributed by atoms with E-state index in [4.69, 9.17) is 4.74 Å². The predicted molar refractivity (Wildman–Crippen MR) is 144 cm³/mol. The minimum absolute atomic E-state index is 0.276. The summed E-state index contributed by atoms with van der Waals surface area (Å²) in [7, 11) is 1.57. The summed E-state index contributed by atoms with van der Waals surface area (Å²) in [5.41, 5.74) is 6.56. The summed E-state index contributed by atoms with van der Waals surface area (Å²) in [6.07, 6.45) is 1.65. The highest BCUT2D eigenvalue weighted by Crippen LogP contribution is 2.18. The lowest BCUT2D eigenvalue weighted by atomic mass is 10.1. The third-order valence-corrected chi connectivity index (χ3v) is 5.97. The zero-order chi connectivity index (χ0) is 25.8. The molecule has 0 bridgehead atoms. The van der Waals surface area contributed by atoms with E-state index in [9.17, 15) is 9.59 Å². The van der Waals surface area contributed by atoms with Crippen LogP contribution in [0.15, 0.2) is 93.6 Å². The van der Waals surface area contributed by atoms with E-state index in [1.54, 1.807) is 17.8 Å². The number of hydrazone groups is 1. The van der Waals surface area contributed by atoms with Crippen molar-refractivity contribution < 1.29 is 4.74 Å². The number of benzene rings is 3. The van der Waals surface area contributed by atoms with Crippen molar-refractivity contribution in [3.8, 4) is 5.75 Å². The number of aromatic nitrogens is 4. The summed E-state index contributed by atoms with van der Waals surface area (Å²) < 4.78 is 8.86. The van der Waals surface area contributed by atoms with E-state index in [1.807, 2.05) is 85.8 Å². The first kappa shape index (κ1) is 23.8. The SMILES string of the molecule is Cc1ccc(Cn2c(N/N=C\c3ccc(OCc4ccccc4)cc3)nc3c2c(=O)[nH]c(=O)n3C)cc1. The minimum Gasteiger partial charge on any atom is -0.489 e. The molecule has 5 aromatic rings. The van der Waals surface area contributed by atoms with Crippen molar-refractivity contribution in [2.45, 2.75) is 20.1 Å². The molecule has 0 saturated heterocycles. The van der Waals surface area contributed by atoms with Crippen LogP contribution in [-0.2, 0) is 20.2 Å². The number of H-pyrrole nitrogens is 1. The molecule has 2 heterocycles. The number of hydrogen-bond acceptors (Lipinski definition) is 6. The van der Waals surface area contributed by atoms with E-state index in [0.717, 1.165) is 28.0 Å². The average Bonchev–Trinajstić information content (AvgIpc) is 3.27. The summed E-state index contributed by atoms with van der Waals surface area (Å²) in [6.45, 7) is 2.89. The van der Waals surface area contributed by atoms with Gasteiger partial charge < -0.3 is 4.74 Å². The summed E-state index contributed by atoms with van der Waals surface area (Å²) >= 11 is 0. The Balaban J connectivity index is 1.36. The van der Waals surface area contributed by atoms with Gasteiger partial charge in [0.15, 0.2) is 11.2 Å². The topological polar surface area (TPSA) is 106 Å². The lowest BCUT2D eigenvalue weighted by molar-refractivity contribution is 0.306. The Hall–Kier alpha value is -4.92. The largest absolute Gasteiger partial charge is 0.489 e. The normalized spacial score (nSPS) is 11.3. The number of aromatic amines is 1. The zero-order valence-corrected chi connectivity index (χ0v) is 20.5. The maximum Gasteiger partial charge on any atom is 0.329 e. The number of aryl methyl sites for hydroxylation is 2. The maximum atomic E-state index is 12.7. The fourth-order valence-electron chi connectivity index (χ4n) is 3.91. The fraction of sp³-hybridized carbons (Fsp3) is 0.143. The van der Waals surface area contributed by atoms with Crippen LogP contribution >= 0.6 is 0 Å².